The summed E-state index contributed by atoms with van der Waals surface area (Å²) in [6, 6.07) is 30.4. The standard InChI is InChI=1S/C25H28O2Si/c1-20(21-14-8-5-9-15-21)24(26)27-28(25(2,3)4,22-16-10-6-11-17-22)23-18-12-7-13-19-23/h5-20H,1-4H3. The molecule has 1 unspecified atom stereocenters. The molecule has 0 aliphatic heterocycles. The molecule has 0 aromatic heterocycles. The SMILES string of the molecule is CC(C(=O)O[Si](c1ccccc1)(c1ccccc1)C(C)(C)C)c1ccccc1. The normalized spacial score (nSPS) is 13.0. The number of carbonyl (C=O) groups is 1. The van der Waals surface area contributed by atoms with E-state index in [4.69, 9.17) is 4.43 Å². The first-order valence-electron chi connectivity index (χ1n) is 9.75. The van der Waals surface area contributed by atoms with E-state index < -0.39 is 8.32 Å². The maximum Gasteiger partial charge on any atom is 0.323 e. The van der Waals surface area contributed by atoms with E-state index in [0.717, 1.165) is 15.9 Å². The Morgan fingerprint density at radius 2 is 1.14 bits per heavy atom. The number of hydrogen-bond acceptors (Lipinski definition) is 2. The van der Waals surface area contributed by atoms with Gasteiger partial charge in [-0.3, -0.25) is 4.79 Å². The van der Waals surface area contributed by atoms with Crippen molar-refractivity contribution in [1.82, 2.24) is 0 Å². The van der Waals surface area contributed by atoms with Gasteiger partial charge in [0.1, 0.15) is 0 Å². The molecule has 0 spiro atoms. The van der Waals surface area contributed by atoms with Crippen molar-refractivity contribution in [3.05, 3.63) is 96.6 Å². The van der Waals surface area contributed by atoms with Crippen LogP contribution in [0.3, 0.4) is 0 Å². The summed E-state index contributed by atoms with van der Waals surface area (Å²) in [6.45, 7) is 8.47. The predicted molar refractivity (Wildman–Crippen MR) is 119 cm³/mol. The highest BCUT2D eigenvalue weighted by Crippen LogP contribution is 2.37. The minimum atomic E-state index is -2.86. The average molecular weight is 389 g/mol. The number of carbonyl (C=O) groups excluding carboxylic acids is 1. The fourth-order valence-corrected chi connectivity index (χ4v) is 8.18. The summed E-state index contributed by atoms with van der Waals surface area (Å²) < 4.78 is 6.59. The molecule has 0 aliphatic carbocycles. The van der Waals surface area contributed by atoms with Gasteiger partial charge in [0.25, 0.3) is 5.97 Å². The predicted octanol–water partition coefficient (Wildman–Crippen LogP) is 4.89. The van der Waals surface area contributed by atoms with Gasteiger partial charge >= 0.3 is 8.32 Å². The number of benzene rings is 3. The monoisotopic (exact) mass is 388 g/mol. The Balaban J connectivity index is 2.12. The van der Waals surface area contributed by atoms with E-state index in [0.29, 0.717) is 0 Å². The Morgan fingerprint density at radius 1 is 0.750 bits per heavy atom. The van der Waals surface area contributed by atoms with E-state index in [2.05, 4.69) is 45.0 Å². The molecular weight excluding hydrogens is 360 g/mol. The lowest BCUT2D eigenvalue weighted by molar-refractivity contribution is -0.136. The van der Waals surface area contributed by atoms with Crippen molar-refractivity contribution in [1.29, 1.82) is 0 Å². The first kappa shape index (κ1) is 20.1. The molecule has 1 atom stereocenters. The first-order valence-corrected chi connectivity index (χ1v) is 11.7. The topological polar surface area (TPSA) is 26.3 Å². The molecule has 0 aliphatic rings. The summed E-state index contributed by atoms with van der Waals surface area (Å²) >= 11 is 0. The zero-order chi connectivity index (χ0) is 20.2. The molecule has 0 heterocycles. The molecule has 2 nitrogen and oxygen atoms in total. The quantitative estimate of drug-likeness (QED) is 0.582. The second-order valence-electron chi connectivity index (χ2n) is 8.22. The van der Waals surface area contributed by atoms with Crippen molar-refractivity contribution in [3.63, 3.8) is 0 Å². The van der Waals surface area contributed by atoms with Gasteiger partial charge in [-0.2, -0.15) is 0 Å². The fourth-order valence-electron chi connectivity index (χ4n) is 3.77. The van der Waals surface area contributed by atoms with Crippen LogP contribution in [0.5, 0.6) is 0 Å². The third kappa shape index (κ3) is 3.81. The van der Waals surface area contributed by atoms with Gasteiger partial charge in [-0.1, -0.05) is 112 Å². The summed E-state index contributed by atoms with van der Waals surface area (Å²) in [5.41, 5.74) is 0.977. The van der Waals surface area contributed by atoms with Gasteiger partial charge in [0.2, 0.25) is 0 Å². The molecule has 3 heteroatoms. The summed E-state index contributed by atoms with van der Waals surface area (Å²) in [6.07, 6.45) is 0. The molecule has 0 fully saturated rings. The third-order valence-electron chi connectivity index (χ3n) is 5.32. The van der Waals surface area contributed by atoms with Crippen LogP contribution in [0.15, 0.2) is 91.0 Å². The Bertz CT molecular complexity index is 860. The largest absolute Gasteiger partial charge is 0.509 e. The van der Waals surface area contributed by atoms with E-state index >= 15 is 0 Å². The third-order valence-corrected chi connectivity index (χ3v) is 10.2. The van der Waals surface area contributed by atoms with Gasteiger partial charge in [0.05, 0.1) is 5.92 Å². The number of rotatable bonds is 5. The minimum Gasteiger partial charge on any atom is -0.509 e. The molecule has 144 valence electrons. The zero-order valence-corrected chi connectivity index (χ0v) is 18.1. The van der Waals surface area contributed by atoms with Crippen LogP contribution >= 0.6 is 0 Å². The second kappa shape index (κ2) is 8.15. The van der Waals surface area contributed by atoms with Crippen molar-refractivity contribution in [2.24, 2.45) is 0 Å². The van der Waals surface area contributed by atoms with E-state index in [1.54, 1.807) is 0 Å². The van der Waals surface area contributed by atoms with E-state index in [-0.39, 0.29) is 16.9 Å². The van der Waals surface area contributed by atoms with Crippen LogP contribution in [0.2, 0.25) is 5.04 Å². The molecule has 3 rings (SSSR count). The van der Waals surface area contributed by atoms with Crippen LogP contribution in [0.1, 0.15) is 39.2 Å². The summed E-state index contributed by atoms with van der Waals surface area (Å²) in [4.78, 5) is 13.4. The maximum atomic E-state index is 13.4. The molecule has 0 saturated carbocycles. The Labute approximate surface area is 169 Å². The molecule has 0 N–H and O–H groups in total. The molecule has 0 saturated heterocycles. The van der Waals surface area contributed by atoms with Crippen LogP contribution < -0.4 is 10.4 Å². The van der Waals surface area contributed by atoms with E-state index in [1.165, 1.54) is 0 Å². The van der Waals surface area contributed by atoms with Gasteiger partial charge in [0, 0.05) is 0 Å². The van der Waals surface area contributed by atoms with Crippen LogP contribution in [-0.2, 0) is 9.22 Å². The van der Waals surface area contributed by atoms with Crippen LogP contribution in [0.25, 0.3) is 0 Å². The van der Waals surface area contributed by atoms with Gasteiger partial charge in [0.15, 0.2) is 0 Å². The molecule has 3 aromatic carbocycles. The Morgan fingerprint density at radius 3 is 1.54 bits per heavy atom. The average Bonchev–Trinajstić information content (AvgIpc) is 2.72. The van der Waals surface area contributed by atoms with Gasteiger partial charge in [-0.25, -0.2) is 0 Å². The van der Waals surface area contributed by atoms with Crippen molar-refractivity contribution in [2.75, 3.05) is 0 Å². The van der Waals surface area contributed by atoms with Gasteiger partial charge in [-0.15, -0.1) is 0 Å². The Kier molecular flexibility index (Phi) is 5.85. The van der Waals surface area contributed by atoms with Gasteiger partial charge < -0.3 is 4.43 Å². The molecule has 28 heavy (non-hydrogen) atoms. The highest BCUT2D eigenvalue weighted by atomic mass is 28.4. The van der Waals surface area contributed by atoms with Crippen molar-refractivity contribution < 1.29 is 9.22 Å². The minimum absolute atomic E-state index is 0.166. The molecular formula is C25H28O2Si. The zero-order valence-electron chi connectivity index (χ0n) is 17.1. The smallest absolute Gasteiger partial charge is 0.323 e. The lowest BCUT2D eigenvalue weighted by atomic mass is 10.0. The van der Waals surface area contributed by atoms with Crippen LogP contribution in [-0.4, -0.2) is 14.3 Å². The Hall–Kier alpha value is -2.65. The second-order valence-corrected chi connectivity index (χ2v) is 12.4. The van der Waals surface area contributed by atoms with E-state index in [1.807, 2.05) is 73.7 Å². The molecule has 3 aromatic rings. The molecule has 0 radical (unpaired) electrons. The van der Waals surface area contributed by atoms with Gasteiger partial charge in [-0.05, 0) is 27.9 Å². The van der Waals surface area contributed by atoms with Crippen molar-refractivity contribution >= 4 is 24.7 Å². The lowest BCUT2D eigenvalue weighted by Crippen LogP contribution is -2.67. The van der Waals surface area contributed by atoms with Crippen molar-refractivity contribution in [3.8, 4) is 0 Å². The van der Waals surface area contributed by atoms with Crippen LogP contribution in [0.4, 0.5) is 0 Å². The highest BCUT2D eigenvalue weighted by molar-refractivity contribution is 7.00. The maximum absolute atomic E-state index is 13.4. The van der Waals surface area contributed by atoms with Crippen molar-refractivity contribution in [2.45, 2.75) is 38.7 Å². The summed E-state index contributed by atoms with van der Waals surface area (Å²) in [5, 5.41) is 2.01. The first-order chi connectivity index (χ1) is 13.4. The fraction of sp³-hybridized carbons (Fsp3) is 0.240. The molecule has 0 amide bonds. The van der Waals surface area contributed by atoms with Crippen LogP contribution in [0, 0.1) is 0 Å². The van der Waals surface area contributed by atoms with E-state index in [9.17, 15) is 4.79 Å². The molecule has 0 bridgehead atoms. The summed E-state index contributed by atoms with van der Waals surface area (Å²) in [5.74, 6) is -0.483. The number of hydrogen-bond donors (Lipinski definition) is 0. The highest BCUT2D eigenvalue weighted by Gasteiger charge is 2.53. The summed E-state index contributed by atoms with van der Waals surface area (Å²) in [7, 11) is -2.86. The lowest BCUT2D eigenvalue weighted by Gasteiger charge is -2.42.